The monoisotopic (exact) mass is 938 g/mol. The fourth-order valence-electron chi connectivity index (χ4n) is 11.2. The lowest BCUT2D eigenvalue weighted by Crippen LogP contribution is -2.61. The Balaban J connectivity index is 1.34. The number of allylic oxidation sites excluding steroid dienone is 4. The second kappa shape index (κ2) is 16.8. The van der Waals surface area contributed by atoms with Crippen LogP contribution in [0.4, 0.5) is 45.5 Å². The fraction of sp³-hybridized carbons (Fsp3) is 0.323. The van der Waals surface area contributed by atoms with Gasteiger partial charge in [-0.1, -0.05) is 163 Å². The summed E-state index contributed by atoms with van der Waals surface area (Å²) in [6.45, 7) is 37.8. The van der Waals surface area contributed by atoms with Gasteiger partial charge in [-0.25, -0.2) is 0 Å². The van der Waals surface area contributed by atoms with Gasteiger partial charge in [0.1, 0.15) is 0 Å². The molecule has 0 saturated carbocycles. The van der Waals surface area contributed by atoms with E-state index in [2.05, 4.69) is 264 Å². The largest absolute Gasteiger partial charge is 0.311 e. The normalized spacial score (nSPS) is 16.5. The predicted molar refractivity (Wildman–Crippen MR) is 308 cm³/mol. The zero-order valence-corrected chi connectivity index (χ0v) is 45.1. The Kier molecular flexibility index (Phi) is 11.4. The Bertz CT molecular complexity index is 3200. The van der Waals surface area contributed by atoms with Crippen LogP contribution in [0.15, 0.2) is 169 Å². The molecule has 3 heterocycles. The summed E-state index contributed by atoms with van der Waals surface area (Å²) in [5, 5.41) is 1.31. The van der Waals surface area contributed by atoms with Gasteiger partial charge in [0.25, 0.3) is 6.71 Å². The van der Waals surface area contributed by atoms with Crippen molar-refractivity contribution >= 4 is 89.3 Å². The highest BCUT2D eigenvalue weighted by Crippen LogP contribution is 2.53. The third-order valence-electron chi connectivity index (χ3n) is 15.9. The molecular weight excluding hydrogens is 866 g/mol. The summed E-state index contributed by atoms with van der Waals surface area (Å²) >= 11 is 1.97. The van der Waals surface area contributed by atoms with Crippen LogP contribution in [0, 0.1) is 10.8 Å². The van der Waals surface area contributed by atoms with E-state index in [1.165, 1.54) is 82.8 Å². The third-order valence-corrected chi connectivity index (χ3v) is 17.2. The van der Waals surface area contributed by atoms with E-state index in [1.54, 1.807) is 0 Å². The first kappa shape index (κ1) is 47.6. The van der Waals surface area contributed by atoms with Crippen LogP contribution in [0.1, 0.15) is 126 Å². The van der Waals surface area contributed by atoms with Crippen molar-refractivity contribution in [1.82, 2.24) is 0 Å². The number of benzene rings is 6. The molecule has 7 aromatic rings. The summed E-state index contributed by atoms with van der Waals surface area (Å²) in [7, 11) is 0. The van der Waals surface area contributed by atoms with Crippen molar-refractivity contribution in [2.24, 2.45) is 10.8 Å². The maximum Gasteiger partial charge on any atom is 0.264 e. The molecule has 356 valence electrons. The highest BCUT2D eigenvalue weighted by atomic mass is 32.1. The molecule has 0 radical (unpaired) electrons. The first-order valence-electron chi connectivity index (χ1n) is 25.5. The maximum absolute atomic E-state index is 4.68. The van der Waals surface area contributed by atoms with E-state index in [9.17, 15) is 0 Å². The minimum absolute atomic E-state index is 0.0118. The summed E-state index contributed by atoms with van der Waals surface area (Å²) in [5.74, 6) is 0. The van der Waals surface area contributed by atoms with Crippen molar-refractivity contribution in [3.05, 3.63) is 186 Å². The average molecular weight is 938 g/mol. The molecule has 0 saturated heterocycles. The summed E-state index contributed by atoms with van der Waals surface area (Å²) < 4.78 is 2.68. The quantitative estimate of drug-likeness (QED) is 0.116. The minimum atomic E-state index is -0.156. The lowest BCUT2D eigenvalue weighted by Gasteiger charge is -2.45. The molecule has 0 atom stereocenters. The lowest BCUT2D eigenvalue weighted by molar-refractivity contribution is 0.267. The van der Waals surface area contributed by atoms with Gasteiger partial charge < -0.3 is 14.7 Å². The fourth-order valence-corrected chi connectivity index (χ4v) is 12.5. The van der Waals surface area contributed by atoms with E-state index in [4.69, 9.17) is 0 Å². The highest BCUT2D eigenvalue weighted by molar-refractivity contribution is 7.33. The van der Waals surface area contributed by atoms with Crippen LogP contribution in [0.5, 0.6) is 0 Å². The lowest BCUT2D eigenvalue weighted by atomic mass is 9.36. The van der Waals surface area contributed by atoms with Crippen molar-refractivity contribution in [1.29, 1.82) is 0 Å². The molecule has 3 nitrogen and oxygen atoms in total. The van der Waals surface area contributed by atoms with Crippen molar-refractivity contribution < 1.29 is 0 Å². The van der Waals surface area contributed by atoms with E-state index >= 15 is 0 Å². The second-order valence-corrected chi connectivity index (χ2v) is 25.8. The molecule has 0 N–H and O–H groups in total. The van der Waals surface area contributed by atoms with Crippen LogP contribution in [-0.4, -0.2) is 6.71 Å². The Hall–Kier alpha value is -6.04. The zero-order chi connectivity index (χ0) is 49.9. The topological polar surface area (TPSA) is 9.72 Å². The Labute approximate surface area is 424 Å². The average Bonchev–Trinajstić information content (AvgIpc) is 3.69. The summed E-state index contributed by atoms with van der Waals surface area (Å²) in [5.41, 5.74) is 20.1. The standard InChI is InChI=1S/C65H72BN3S/c1-16-46(40-52-42(2)64(12,13)35-36-65(52,14)15)69-56-39-45(63(9,10)11)38-55-58(56)66(60-59(69)51-37-44(62(6,7)8)29-34-57(51)70-60)53-33-32-50(67(47-23-19-17-20-24-47)48-25-21-18-22-26-48)41-54(53)68(55)49-30-27-43(28-31-49)61(3,4)5/h16-34,37-41H,1,35-36H2,2-15H3/b46-40+. The highest BCUT2D eigenvalue weighted by Gasteiger charge is 2.47. The molecule has 6 aromatic carbocycles. The first-order valence-corrected chi connectivity index (χ1v) is 26.4. The van der Waals surface area contributed by atoms with Crippen molar-refractivity contribution in [2.45, 2.75) is 126 Å². The van der Waals surface area contributed by atoms with Gasteiger partial charge in [-0.15, -0.1) is 11.3 Å². The van der Waals surface area contributed by atoms with Gasteiger partial charge >= 0.3 is 0 Å². The summed E-state index contributed by atoms with van der Waals surface area (Å²) in [6, 6.07) is 50.6. The number of fused-ring (bicyclic) bond motifs is 6. The van der Waals surface area contributed by atoms with E-state index in [0.29, 0.717) is 0 Å². The van der Waals surface area contributed by atoms with Gasteiger partial charge in [0.05, 0.1) is 5.69 Å². The number of para-hydroxylation sites is 2. The third kappa shape index (κ3) is 8.07. The summed E-state index contributed by atoms with van der Waals surface area (Å²) in [6.07, 6.45) is 6.98. The molecule has 0 amide bonds. The molecule has 1 aliphatic carbocycles. The molecule has 0 unspecified atom stereocenters. The van der Waals surface area contributed by atoms with E-state index in [-0.39, 0.29) is 33.8 Å². The number of nitrogens with zero attached hydrogens (tertiary/aromatic N) is 3. The van der Waals surface area contributed by atoms with Gasteiger partial charge in [0, 0.05) is 60.4 Å². The van der Waals surface area contributed by atoms with Crippen LogP contribution in [-0.2, 0) is 16.2 Å². The minimum Gasteiger partial charge on any atom is -0.311 e. The van der Waals surface area contributed by atoms with E-state index in [0.717, 1.165) is 34.9 Å². The molecule has 1 aromatic heterocycles. The molecule has 10 rings (SSSR count). The van der Waals surface area contributed by atoms with Crippen LogP contribution < -0.4 is 30.4 Å². The molecular formula is C65H72BN3S. The van der Waals surface area contributed by atoms with Gasteiger partial charge in [-0.05, 0) is 165 Å². The smallest absolute Gasteiger partial charge is 0.264 e. The van der Waals surface area contributed by atoms with Gasteiger partial charge in [-0.3, -0.25) is 0 Å². The van der Waals surface area contributed by atoms with Crippen molar-refractivity contribution in [2.75, 3.05) is 14.7 Å². The number of rotatable bonds is 7. The van der Waals surface area contributed by atoms with Gasteiger partial charge in [-0.2, -0.15) is 0 Å². The molecule has 2 aliphatic heterocycles. The van der Waals surface area contributed by atoms with Crippen LogP contribution in [0.3, 0.4) is 0 Å². The zero-order valence-electron chi connectivity index (χ0n) is 44.3. The molecule has 5 heteroatoms. The van der Waals surface area contributed by atoms with E-state index < -0.39 is 0 Å². The van der Waals surface area contributed by atoms with Crippen LogP contribution in [0.25, 0.3) is 10.1 Å². The summed E-state index contributed by atoms with van der Waals surface area (Å²) in [4.78, 5) is 7.64. The maximum atomic E-state index is 4.68. The predicted octanol–water partition coefficient (Wildman–Crippen LogP) is 17.2. The van der Waals surface area contributed by atoms with Gasteiger partial charge in [0.2, 0.25) is 0 Å². The molecule has 0 bridgehead atoms. The number of hydrogen-bond acceptors (Lipinski definition) is 4. The first-order chi connectivity index (χ1) is 33.0. The number of anilines is 8. The van der Waals surface area contributed by atoms with Crippen molar-refractivity contribution in [3.8, 4) is 0 Å². The Morgan fingerprint density at radius 2 is 1.19 bits per heavy atom. The Morgan fingerprint density at radius 3 is 1.77 bits per heavy atom. The molecule has 3 aliphatic rings. The number of thiophene rings is 1. The van der Waals surface area contributed by atoms with Crippen LogP contribution in [0.2, 0.25) is 0 Å². The van der Waals surface area contributed by atoms with Gasteiger partial charge in [0.15, 0.2) is 0 Å². The molecule has 70 heavy (non-hydrogen) atoms. The Morgan fingerprint density at radius 1 is 0.614 bits per heavy atom. The molecule has 0 fully saturated rings. The van der Waals surface area contributed by atoms with Crippen molar-refractivity contribution in [3.63, 3.8) is 0 Å². The SMILES string of the molecule is C=C/C(=C\C1=C(C)C(C)(C)CCC1(C)C)N1c2cc(C(C)(C)C)cc3c2B(c2ccc(N(c4ccccc4)c4ccccc4)cc2N3c2ccc(C(C)(C)C)cc2)c2sc3ccc(C(C)(C)C)cc3c21. The molecule has 0 spiro atoms. The van der Waals surface area contributed by atoms with Crippen LogP contribution >= 0.6 is 11.3 Å². The van der Waals surface area contributed by atoms with E-state index in [1.807, 2.05) is 11.3 Å². The number of hydrogen-bond donors (Lipinski definition) is 0. The second-order valence-electron chi connectivity index (χ2n) is 24.7.